The average molecular weight is 189 g/mol. The van der Waals surface area contributed by atoms with Gasteiger partial charge in [0.15, 0.2) is 6.29 Å². The smallest absolute Gasteiger partial charge is 0.175 e. The maximum Gasteiger partial charge on any atom is 0.175 e. The van der Waals surface area contributed by atoms with E-state index in [0.29, 0.717) is 13.2 Å². The number of nitrogens with two attached hydrogens (primary N) is 1. The summed E-state index contributed by atoms with van der Waals surface area (Å²) >= 11 is 0. The Morgan fingerprint density at radius 3 is 1.62 bits per heavy atom. The third kappa shape index (κ3) is 3.63. The fourth-order valence-electron chi connectivity index (χ4n) is 1.27. The van der Waals surface area contributed by atoms with Gasteiger partial charge in [0.25, 0.3) is 0 Å². The standard InChI is InChI=1S/C10H23NO2/c1-5-10(11,6-2)9(12-7-3)13-8-4/h9H,5-8,11H2,1-4H3. The predicted octanol–water partition coefficient (Wildman–Crippen LogP) is 1.90. The van der Waals surface area contributed by atoms with Crippen molar-refractivity contribution >= 4 is 0 Å². The molecule has 0 radical (unpaired) electrons. The first-order valence-corrected chi connectivity index (χ1v) is 5.16. The van der Waals surface area contributed by atoms with Crippen LogP contribution in [0.1, 0.15) is 40.5 Å². The van der Waals surface area contributed by atoms with Crippen LogP contribution in [0.15, 0.2) is 0 Å². The van der Waals surface area contributed by atoms with Gasteiger partial charge in [-0.2, -0.15) is 0 Å². The van der Waals surface area contributed by atoms with Crippen molar-refractivity contribution in [1.82, 2.24) is 0 Å². The molecular formula is C10H23NO2. The molecule has 3 nitrogen and oxygen atoms in total. The highest BCUT2D eigenvalue weighted by molar-refractivity contribution is 4.85. The van der Waals surface area contributed by atoms with Gasteiger partial charge in [0.05, 0.1) is 5.54 Å². The Morgan fingerprint density at radius 2 is 1.38 bits per heavy atom. The number of rotatable bonds is 7. The molecule has 0 spiro atoms. The molecule has 13 heavy (non-hydrogen) atoms. The van der Waals surface area contributed by atoms with E-state index in [0.717, 1.165) is 12.8 Å². The van der Waals surface area contributed by atoms with Crippen LogP contribution in [0.25, 0.3) is 0 Å². The van der Waals surface area contributed by atoms with E-state index in [1.165, 1.54) is 0 Å². The van der Waals surface area contributed by atoms with Crippen molar-refractivity contribution in [1.29, 1.82) is 0 Å². The highest BCUT2D eigenvalue weighted by Crippen LogP contribution is 2.20. The normalized spacial score (nSPS) is 12.5. The maximum absolute atomic E-state index is 6.16. The van der Waals surface area contributed by atoms with Crippen LogP contribution in [0.2, 0.25) is 0 Å². The van der Waals surface area contributed by atoms with Gasteiger partial charge in [0, 0.05) is 13.2 Å². The highest BCUT2D eigenvalue weighted by atomic mass is 16.7. The van der Waals surface area contributed by atoms with Crippen LogP contribution in [0, 0.1) is 0 Å². The van der Waals surface area contributed by atoms with Crippen LogP contribution in [0.3, 0.4) is 0 Å². The first kappa shape index (κ1) is 12.9. The molecule has 3 heteroatoms. The zero-order chi connectivity index (χ0) is 10.3. The molecule has 80 valence electrons. The zero-order valence-electron chi connectivity index (χ0n) is 9.30. The van der Waals surface area contributed by atoms with Crippen LogP contribution in [0.5, 0.6) is 0 Å². The summed E-state index contributed by atoms with van der Waals surface area (Å²) < 4.78 is 11.0. The molecule has 0 unspecified atom stereocenters. The second-order valence-electron chi connectivity index (χ2n) is 3.18. The summed E-state index contributed by atoms with van der Waals surface area (Å²) in [5.41, 5.74) is 5.82. The summed E-state index contributed by atoms with van der Waals surface area (Å²) in [6.07, 6.45) is 1.47. The molecule has 0 fully saturated rings. The molecule has 0 heterocycles. The summed E-state index contributed by atoms with van der Waals surface area (Å²) in [6.45, 7) is 9.33. The Morgan fingerprint density at radius 1 is 1.00 bits per heavy atom. The first-order valence-electron chi connectivity index (χ1n) is 5.16. The molecule has 2 N–H and O–H groups in total. The van der Waals surface area contributed by atoms with E-state index in [1.54, 1.807) is 0 Å². The van der Waals surface area contributed by atoms with Crippen LogP contribution < -0.4 is 5.73 Å². The van der Waals surface area contributed by atoms with Gasteiger partial charge < -0.3 is 15.2 Å². The minimum absolute atomic E-state index is 0.266. The third-order valence-corrected chi connectivity index (χ3v) is 2.42. The van der Waals surface area contributed by atoms with Gasteiger partial charge in [-0.05, 0) is 26.7 Å². The molecule has 0 aliphatic heterocycles. The van der Waals surface area contributed by atoms with Gasteiger partial charge in [-0.15, -0.1) is 0 Å². The largest absolute Gasteiger partial charge is 0.351 e. The maximum atomic E-state index is 6.16. The molecule has 0 saturated carbocycles. The second kappa shape index (κ2) is 6.35. The molecule has 0 amide bonds. The van der Waals surface area contributed by atoms with Gasteiger partial charge in [-0.1, -0.05) is 13.8 Å². The summed E-state index contributed by atoms with van der Waals surface area (Å²) in [5, 5.41) is 0. The van der Waals surface area contributed by atoms with Gasteiger partial charge in [0.2, 0.25) is 0 Å². The van der Waals surface area contributed by atoms with Crippen LogP contribution in [-0.2, 0) is 9.47 Å². The fourth-order valence-corrected chi connectivity index (χ4v) is 1.27. The molecular weight excluding hydrogens is 166 g/mol. The molecule has 0 aromatic carbocycles. The molecule has 0 rings (SSSR count). The van der Waals surface area contributed by atoms with Crippen LogP contribution >= 0.6 is 0 Å². The minimum atomic E-state index is -0.341. The predicted molar refractivity (Wildman–Crippen MR) is 54.5 cm³/mol. The summed E-state index contributed by atoms with van der Waals surface area (Å²) in [7, 11) is 0. The van der Waals surface area contributed by atoms with Crippen LogP contribution in [-0.4, -0.2) is 25.0 Å². The summed E-state index contributed by atoms with van der Waals surface area (Å²) in [4.78, 5) is 0. The second-order valence-corrected chi connectivity index (χ2v) is 3.18. The van der Waals surface area contributed by atoms with Crippen molar-refractivity contribution < 1.29 is 9.47 Å². The van der Waals surface area contributed by atoms with Crippen molar-refractivity contribution in [2.75, 3.05) is 13.2 Å². The Kier molecular flexibility index (Phi) is 6.29. The Bertz CT molecular complexity index is 118. The van der Waals surface area contributed by atoms with Gasteiger partial charge >= 0.3 is 0 Å². The molecule has 0 aromatic rings. The van der Waals surface area contributed by atoms with Crippen molar-refractivity contribution in [3.8, 4) is 0 Å². The number of hydrogen-bond acceptors (Lipinski definition) is 3. The van der Waals surface area contributed by atoms with Gasteiger partial charge in [0.1, 0.15) is 0 Å². The molecule has 0 bridgehead atoms. The Hall–Kier alpha value is -0.120. The lowest BCUT2D eigenvalue weighted by Crippen LogP contribution is -2.52. The minimum Gasteiger partial charge on any atom is -0.351 e. The van der Waals surface area contributed by atoms with Crippen molar-refractivity contribution in [3.05, 3.63) is 0 Å². The first-order chi connectivity index (χ1) is 6.14. The van der Waals surface area contributed by atoms with Crippen molar-refractivity contribution in [2.45, 2.75) is 52.4 Å². The molecule has 0 atom stereocenters. The highest BCUT2D eigenvalue weighted by Gasteiger charge is 2.32. The van der Waals surface area contributed by atoms with Gasteiger partial charge in [-0.25, -0.2) is 0 Å². The topological polar surface area (TPSA) is 44.5 Å². The Labute approximate surface area is 81.6 Å². The SMILES string of the molecule is CCOC(OCC)C(N)(CC)CC. The third-order valence-electron chi connectivity index (χ3n) is 2.42. The van der Waals surface area contributed by atoms with E-state index in [4.69, 9.17) is 15.2 Å². The molecule has 0 aliphatic rings. The van der Waals surface area contributed by atoms with Gasteiger partial charge in [-0.3, -0.25) is 0 Å². The Balaban J connectivity index is 4.28. The molecule has 0 aliphatic carbocycles. The van der Waals surface area contributed by atoms with E-state index in [9.17, 15) is 0 Å². The van der Waals surface area contributed by atoms with E-state index in [1.807, 2.05) is 13.8 Å². The lowest BCUT2D eigenvalue weighted by atomic mass is 9.93. The lowest BCUT2D eigenvalue weighted by Gasteiger charge is -2.34. The molecule has 0 aromatic heterocycles. The lowest BCUT2D eigenvalue weighted by molar-refractivity contribution is -0.176. The van der Waals surface area contributed by atoms with Crippen molar-refractivity contribution in [2.24, 2.45) is 5.73 Å². The van der Waals surface area contributed by atoms with E-state index in [-0.39, 0.29) is 11.8 Å². The molecule has 0 saturated heterocycles. The number of hydrogen-bond donors (Lipinski definition) is 1. The van der Waals surface area contributed by atoms with E-state index in [2.05, 4.69) is 13.8 Å². The quantitative estimate of drug-likeness (QED) is 0.622. The van der Waals surface area contributed by atoms with E-state index >= 15 is 0 Å². The monoisotopic (exact) mass is 189 g/mol. The zero-order valence-corrected chi connectivity index (χ0v) is 9.30. The summed E-state index contributed by atoms with van der Waals surface area (Å²) in [6, 6.07) is 0. The number of ether oxygens (including phenoxy) is 2. The van der Waals surface area contributed by atoms with Crippen LogP contribution in [0.4, 0.5) is 0 Å². The fraction of sp³-hybridized carbons (Fsp3) is 1.00. The van der Waals surface area contributed by atoms with Crippen molar-refractivity contribution in [3.63, 3.8) is 0 Å². The summed E-state index contributed by atoms with van der Waals surface area (Å²) in [5.74, 6) is 0. The van der Waals surface area contributed by atoms with E-state index < -0.39 is 0 Å². The average Bonchev–Trinajstić information content (AvgIpc) is 2.16.